The average Bonchev–Trinajstić information content (AvgIpc) is 2.43. The molecular formula is C14H16F3N3O. The molecule has 0 spiro atoms. The molecule has 1 aromatic rings. The van der Waals surface area contributed by atoms with Crippen LogP contribution < -0.4 is 10.6 Å². The number of hydrogen-bond acceptors (Lipinski definition) is 3. The fourth-order valence-corrected chi connectivity index (χ4v) is 1.47. The van der Waals surface area contributed by atoms with E-state index in [0.717, 1.165) is 12.1 Å². The quantitative estimate of drug-likeness (QED) is 0.821. The first-order valence-corrected chi connectivity index (χ1v) is 6.31. The maximum absolute atomic E-state index is 13.4. The smallest absolute Gasteiger partial charge is 0.240 e. The molecule has 0 fully saturated rings. The summed E-state index contributed by atoms with van der Waals surface area (Å²) in [5.41, 5.74) is -1.39. The summed E-state index contributed by atoms with van der Waals surface area (Å²) in [6.07, 6.45) is 0. The molecule has 2 N–H and O–H groups in total. The topological polar surface area (TPSA) is 64.9 Å². The standard InChI is InChI=1S/C14H16F3N3O/c1-8(2)14(3,7-18)20-11(21)6-19-10-5-4-9(15)12(16)13(10)17/h4-5,8,19H,6H2,1-3H3,(H,20,21)/t14-/m0/s1. The highest BCUT2D eigenvalue weighted by Crippen LogP contribution is 2.19. The van der Waals surface area contributed by atoms with Crippen LogP contribution in [-0.2, 0) is 4.79 Å². The van der Waals surface area contributed by atoms with Crippen LogP contribution in [0, 0.1) is 34.7 Å². The number of benzene rings is 1. The third-order valence-electron chi connectivity index (χ3n) is 3.26. The van der Waals surface area contributed by atoms with Gasteiger partial charge in [-0.1, -0.05) is 13.8 Å². The first-order chi connectivity index (χ1) is 9.71. The van der Waals surface area contributed by atoms with Gasteiger partial charge in [-0.2, -0.15) is 5.26 Å². The Bertz CT molecular complexity index is 584. The van der Waals surface area contributed by atoms with Gasteiger partial charge in [0.1, 0.15) is 5.54 Å². The van der Waals surface area contributed by atoms with Crippen LogP contribution in [0.3, 0.4) is 0 Å². The molecule has 0 aliphatic rings. The molecule has 4 nitrogen and oxygen atoms in total. The third kappa shape index (κ3) is 3.88. The molecule has 7 heteroatoms. The van der Waals surface area contributed by atoms with Crippen molar-refractivity contribution in [1.29, 1.82) is 5.26 Å². The molecular weight excluding hydrogens is 283 g/mol. The van der Waals surface area contributed by atoms with E-state index in [0.29, 0.717) is 0 Å². The second-order valence-corrected chi connectivity index (χ2v) is 5.09. The highest BCUT2D eigenvalue weighted by Gasteiger charge is 2.29. The maximum atomic E-state index is 13.4. The molecule has 1 atom stereocenters. The minimum absolute atomic E-state index is 0.133. The fraction of sp³-hybridized carbons (Fsp3) is 0.429. The monoisotopic (exact) mass is 299 g/mol. The van der Waals surface area contributed by atoms with Crippen LogP contribution in [0.1, 0.15) is 20.8 Å². The molecule has 0 radical (unpaired) electrons. The van der Waals surface area contributed by atoms with Gasteiger partial charge < -0.3 is 10.6 Å². The number of nitrogens with zero attached hydrogens (tertiary/aromatic N) is 1. The number of hydrogen-bond donors (Lipinski definition) is 2. The van der Waals surface area contributed by atoms with E-state index in [1.165, 1.54) is 0 Å². The molecule has 0 saturated carbocycles. The Labute approximate surface area is 121 Å². The SMILES string of the molecule is CC(C)[C@](C)(C#N)NC(=O)CNc1ccc(F)c(F)c1F. The van der Waals surface area contributed by atoms with E-state index in [1.807, 2.05) is 6.07 Å². The second kappa shape index (κ2) is 6.48. The maximum Gasteiger partial charge on any atom is 0.240 e. The van der Waals surface area contributed by atoms with Gasteiger partial charge in [-0.3, -0.25) is 4.79 Å². The van der Waals surface area contributed by atoms with E-state index in [4.69, 9.17) is 5.26 Å². The van der Waals surface area contributed by atoms with E-state index < -0.39 is 28.9 Å². The molecule has 1 rings (SSSR count). The van der Waals surface area contributed by atoms with E-state index >= 15 is 0 Å². The first kappa shape index (κ1) is 16.8. The Hall–Kier alpha value is -2.23. The van der Waals surface area contributed by atoms with E-state index in [-0.39, 0.29) is 18.2 Å². The lowest BCUT2D eigenvalue weighted by molar-refractivity contribution is -0.121. The molecule has 0 bridgehead atoms. The van der Waals surface area contributed by atoms with Gasteiger partial charge in [0, 0.05) is 0 Å². The molecule has 0 heterocycles. The van der Waals surface area contributed by atoms with Crippen molar-refractivity contribution in [3.63, 3.8) is 0 Å². The lowest BCUT2D eigenvalue weighted by atomic mass is 9.90. The summed E-state index contributed by atoms with van der Waals surface area (Å²) in [6.45, 7) is 4.73. The van der Waals surface area contributed by atoms with Crippen molar-refractivity contribution in [2.75, 3.05) is 11.9 Å². The summed E-state index contributed by atoms with van der Waals surface area (Å²) in [6, 6.07) is 3.74. The number of anilines is 1. The van der Waals surface area contributed by atoms with Gasteiger partial charge >= 0.3 is 0 Å². The molecule has 114 valence electrons. The van der Waals surface area contributed by atoms with Crippen molar-refractivity contribution in [1.82, 2.24) is 5.32 Å². The molecule has 0 aliphatic carbocycles. The molecule has 1 amide bonds. The molecule has 0 aromatic heterocycles. The normalized spacial score (nSPS) is 13.4. The van der Waals surface area contributed by atoms with Gasteiger partial charge in [0.15, 0.2) is 17.5 Å². The Kier molecular flexibility index (Phi) is 5.19. The van der Waals surface area contributed by atoms with Gasteiger partial charge in [-0.25, -0.2) is 13.2 Å². The van der Waals surface area contributed by atoms with Crippen LogP contribution in [0.2, 0.25) is 0 Å². The highest BCUT2D eigenvalue weighted by molar-refractivity contribution is 5.81. The zero-order valence-electron chi connectivity index (χ0n) is 11.9. The summed E-state index contributed by atoms with van der Waals surface area (Å²) >= 11 is 0. The van der Waals surface area contributed by atoms with Crippen molar-refractivity contribution in [2.45, 2.75) is 26.3 Å². The summed E-state index contributed by atoms with van der Waals surface area (Å²) in [5.74, 6) is -5.00. The Balaban J connectivity index is 2.71. The van der Waals surface area contributed by atoms with Crippen LogP contribution in [0.15, 0.2) is 12.1 Å². The average molecular weight is 299 g/mol. The van der Waals surface area contributed by atoms with Crippen LogP contribution >= 0.6 is 0 Å². The molecule has 1 aromatic carbocycles. The van der Waals surface area contributed by atoms with Crippen molar-refractivity contribution < 1.29 is 18.0 Å². The number of amides is 1. The molecule has 21 heavy (non-hydrogen) atoms. The summed E-state index contributed by atoms with van der Waals surface area (Å²) in [4.78, 5) is 11.7. The molecule has 0 aliphatic heterocycles. The Morgan fingerprint density at radius 3 is 2.48 bits per heavy atom. The van der Waals surface area contributed by atoms with Gasteiger partial charge in [0.2, 0.25) is 5.91 Å². The third-order valence-corrected chi connectivity index (χ3v) is 3.26. The first-order valence-electron chi connectivity index (χ1n) is 6.31. The molecule has 0 unspecified atom stereocenters. The zero-order valence-corrected chi connectivity index (χ0v) is 11.9. The Morgan fingerprint density at radius 2 is 1.95 bits per heavy atom. The van der Waals surface area contributed by atoms with E-state index in [9.17, 15) is 18.0 Å². The predicted molar refractivity (Wildman–Crippen MR) is 71.8 cm³/mol. The van der Waals surface area contributed by atoms with Crippen molar-refractivity contribution in [2.24, 2.45) is 5.92 Å². The highest BCUT2D eigenvalue weighted by atomic mass is 19.2. The largest absolute Gasteiger partial charge is 0.374 e. The Morgan fingerprint density at radius 1 is 1.33 bits per heavy atom. The number of nitriles is 1. The van der Waals surface area contributed by atoms with E-state index in [2.05, 4.69) is 10.6 Å². The minimum Gasteiger partial charge on any atom is -0.374 e. The number of halogens is 3. The second-order valence-electron chi connectivity index (χ2n) is 5.09. The van der Waals surface area contributed by atoms with Gasteiger partial charge in [-0.05, 0) is 25.0 Å². The van der Waals surface area contributed by atoms with Crippen LogP contribution in [-0.4, -0.2) is 18.0 Å². The minimum atomic E-state index is -1.61. The summed E-state index contributed by atoms with van der Waals surface area (Å²) in [5, 5.41) is 13.9. The van der Waals surface area contributed by atoms with Crippen LogP contribution in [0.4, 0.5) is 18.9 Å². The number of rotatable bonds is 5. The van der Waals surface area contributed by atoms with Gasteiger partial charge in [0.05, 0.1) is 18.3 Å². The summed E-state index contributed by atoms with van der Waals surface area (Å²) < 4.78 is 39.2. The lowest BCUT2D eigenvalue weighted by Gasteiger charge is -2.27. The van der Waals surface area contributed by atoms with Crippen molar-refractivity contribution in [3.05, 3.63) is 29.6 Å². The number of carbonyl (C=O) groups excluding carboxylic acids is 1. The number of nitrogens with one attached hydrogen (secondary N) is 2. The van der Waals surface area contributed by atoms with Crippen LogP contribution in [0.5, 0.6) is 0 Å². The van der Waals surface area contributed by atoms with Gasteiger partial charge in [-0.15, -0.1) is 0 Å². The number of carbonyl (C=O) groups is 1. The van der Waals surface area contributed by atoms with Crippen LogP contribution in [0.25, 0.3) is 0 Å². The zero-order chi connectivity index (χ0) is 16.2. The van der Waals surface area contributed by atoms with Crippen molar-refractivity contribution >= 4 is 11.6 Å². The van der Waals surface area contributed by atoms with E-state index in [1.54, 1.807) is 20.8 Å². The predicted octanol–water partition coefficient (Wildman–Crippen LogP) is 2.57. The summed E-state index contributed by atoms with van der Waals surface area (Å²) in [7, 11) is 0. The van der Waals surface area contributed by atoms with Crippen molar-refractivity contribution in [3.8, 4) is 6.07 Å². The molecule has 0 saturated heterocycles. The lowest BCUT2D eigenvalue weighted by Crippen LogP contribution is -2.50. The van der Waals surface area contributed by atoms with Gasteiger partial charge in [0.25, 0.3) is 0 Å². The fourth-order valence-electron chi connectivity index (χ4n) is 1.47.